The zero-order chi connectivity index (χ0) is 28.0. The van der Waals surface area contributed by atoms with Crippen molar-refractivity contribution in [1.29, 1.82) is 5.41 Å². The number of hydrogen-bond acceptors (Lipinski definition) is 6. The molecule has 0 radical (unpaired) electrons. The summed E-state index contributed by atoms with van der Waals surface area (Å²) in [5.74, 6) is 6.35. The summed E-state index contributed by atoms with van der Waals surface area (Å²) in [7, 11) is 1.71. The van der Waals surface area contributed by atoms with Crippen molar-refractivity contribution in [2.45, 2.75) is 53.5 Å². The number of allylic oxidation sites excluding steroid dienone is 2. The monoisotopic (exact) mass is 508 g/mol. The second kappa shape index (κ2) is 15.3. The molecule has 1 aliphatic heterocycles. The summed E-state index contributed by atoms with van der Waals surface area (Å²) in [6, 6.07) is 9.68. The normalized spacial score (nSPS) is 14.7. The first-order valence-electron chi connectivity index (χ1n) is 12.0. The van der Waals surface area contributed by atoms with Gasteiger partial charge in [0.2, 0.25) is 11.9 Å². The van der Waals surface area contributed by atoms with Gasteiger partial charge in [0.05, 0.1) is 5.69 Å². The number of nitrogens with one attached hydrogen (secondary N) is 1. The van der Waals surface area contributed by atoms with Crippen molar-refractivity contribution in [2.24, 2.45) is 11.1 Å². The number of aromatic nitrogens is 1. The van der Waals surface area contributed by atoms with Gasteiger partial charge < -0.3 is 25.6 Å². The Morgan fingerprint density at radius 3 is 2.57 bits per heavy atom. The minimum Gasteiger partial charge on any atom is -0.489 e. The van der Waals surface area contributed by atoms with E-state index in [1.807, 2.05) is 31.2 Å². The van der Waals surface area contributed by atoms with Gasteiger partial charge in [-0.1, -0.05) is 30.9 Å². The van der Waals surface area contributed by atoms with Gasteiger partial charge >= 0.3 is 0 Å². The lowest BCUT2D eigenvalue weighted by Gasteiger charge is -2.17. The number of nitrogens with two attached hydrogens (primary N) is 1. The second-order valence-corrected chi connectivity index (χ2v) is 9.19. The molecule has 0 bridgehead atoms. The van der Waals surface area contributed by atoms with Crippen LogP contribution in [-0.4, -0.2) is 43.1 Å². The van der Waals surface area contributed by atoms with E-state index in [2.05, 4.69) is 37.6 Å². The van der Waals surface area contributed by atoms with Crippen LogP contribution in [0.1, 0.15) is 52.3 Å². The number of benzene rings is 1. The maximum atomic E-state index is 12.7. The van der Waals surface area contributed by atoms with Crippen molar-refractivity contribution in [3.63, 3.8) is 0 Å². The van der Waals surface area contributed by atoms with Crippen LogP contribution in [0, 0.1) is 28.6 Å². The molecule has 0 saturated carbocycles. The van der Waals surface area contributed by atoms with E-state index in [1.54, 1.807) is 19.2 Å². The third-order valence-corrected chi connectivity index (χ3v) is 4.78. The largest absolute Gasteiger partial charge is 0.489 e. The maximum Gasteiger partial charge on any atom is 0.247 e. The number of hydrogen-bond donors (Lipinski definition) is 2. The zero-order valence-corrected chi connectivity index (χ0v) is 22.5. The molecule has 1 atom stereocenters. The second-order valence-electron chi connectivity index (χ2n) is 9.19. The molecule has 1 amide bonds. The van der Waals surface area contributed by atoms with Crippen molar-refractivity contribution in [3.05, 3.63) is 65.3 Å². The standard InChI is InChI=1S/C16H20N2O2.C11H13FN2.C2H4O/c1-16(2,3)8-7-11-5-6-14-13(9-11)18(4)15(19)12(17)10-20-14;1-2-4-9(8-13)7-10-5-3-6-11(12)14-10;1-2-3/h5-6,9,12H,10,17H2,1-4H3;3-6,8,13H,2,7H2,1H3;2H,1H3/b;9-4-,13-8?;. The first-order valence-corrected chi connectivity index (χ1v) is 12.0. The van der Waals surface area contributed by atoms with Crippen LogP contribution in [0.3, 0.4) is 0 Å². The van der Waals surface area contributed by atoms with Gasteiger partial charge in [0.25, 0.3) is 0 Å². The minimum atomic E-state index is -0.628. The predicted octanol–water partition coefficient (Wildman–Crippen LogP) is 4.72. The van der Waals surface area contributed by atoms with Crippen LogP contribution in [0.15, 0.2) is 48.0 Å². The fourth-order valence-corrected chi connectivity index (χ4v) is 3.06. The number of aldehydes is 1. The van der Waals surface area contributed by atoms with Crippen molar-refractivity contribution in [1.82, 2.24) is 4.98 Å². The van der Waals surface area contributed by atoms with Crippen molar-refractivity contribution in [3.8, 4) is 17.6 Å². The quantitative estimate of drug-likeness (QED) is 0.269. The third kappa shape index (κ3) is 11.2. The topological polar surface area (TPSA) is 109 Å². The lowest BCUT2D eigenvalue weighted by Crippen LogP contribution is -2.43. The van der Waals surface area contributed by atoms with Crippen LogP contribution in [0.5, 0.6) is 5.75 Å². The Bertz CT molecular complexity index is 1160. The number of amides is 1. The van der Waals surface area contributed by atoms with Crippen molar-refractivity contribution in [2.75, 3.05) is 18.6 Å². The molecular formula is C29H37FN4O3. The number of likely N-dealkylation sites (N-methyl/N-ethyl adjacent to an activating group) is 1. The van der Waals surface area contributed by atoms with Crippen LogP contribution in [-0.2, 0) is 16.0 Å². The molecule has 0 saturated heterocycles. The van der Waals surface area contributed by atoms with E-state index in [1.165, 1.54) is 24.1 Å². The molecule has 2 heterocycles. The highest BCUT2D eigenvalue weighted by Crippen LogP contribution is 2.31. The van der Waals surface area contributed by atoms with Crippen LogP contribution in [0.2, 0.25) is 0 Å². The molecule has 198 valence electrons. The summed E-state index contributed by atoms with van der Waals surface area (Å²) in [6.07, 6.45) is 5.38. The minimum absolute atomic E-state index is 0.0621. The first kappa shape index (κ1) is 31.2. The smallest absolute Gasteiger partial charge is 0.247 e. The molecule has 0 fully saturated rings. The molecule has 7 nitrogen and oxygen atoms in total. The van der Waals surface area contributed by atoms with Gasteiger partial charge in [-0.2, -0.15) is 4.39 Å². The Morgan fingerprint density at radius 1 is 1.32 bits per heavy atom. The van der Waals surface area contributed by atoms with Crippen LogP contribution >= 0.6 is 0 Å². The molecule has 0 spiro atoms. The van der Waals surface area contributed by atoms with Crippen LogP contribution in [0.4, 0.5) is 10.1 Å². The van der Waals surface area contributed by atoms with E-state index in [0.29, 0.717) is 23.6 Å². The molecule has 1 aromatic carbocycles. The van der Waals surface area contributed by atoms with E-state index < -0.39 is 12.0 Å². The van der Waals surface area contributed by atoms with Gasteiger partial charge in [-0.05, 0) is 70.0 Å². The maximum absolute atomic E-state index is 12.7. The number of nitrogens with zero attached hydrogens (tertiary/aromatic N) is 2. The number of pyridine rings is 1. The van der Waals surface area contributed by atoms with E-state index in [-0.39, 0.29) is 17.9 Å². The summed E-state index contributed by atoms with van der Waals surface area (Å²) in [5.41, 5.74) is 8.79. The lowest BCUT2D eigenvalue weighted by atomic mass is 9.97. The molecule has 3 N–H and O–H groups in total. The number of carbonyl (C=O) groups is 2. The number of ether oxygens (including phenoxy) is 1. The third-order valence-electron chi connectivity index (χ3n) is 4.78. The van der Waals surface area contributed by atoms with Crippen LogP contribution in [0.25, 0.3) is 0 Å². The molecule has 8 heteroatoms. The zero-order valence-electron chi connectivity index (χ0n) is 22.5. The Morgan fingerprint density at radius 2 is 2.00 bits per heavy atom. The molecule has 1 aliphatic rings. The lowest BCUT2D eigenvalue weighted by molar-refractivity contribution is -0.119. The molecular weight excluding hydrogens is 471 g/mol. The van der Waals surface area contributed by atoms with E-state index in [9.17, 15) is 9.18 Å². The number of rotatable bonds is 4. The van der Waals surface area contributed by atoms with Crippen molar-refractivity contribution < 1.29 is 18.7 Å². The molecule has 3 rings (SSSR count). The fraction of sp³-hybridized carbons (Fsp3) is 0.379. The predicted molar refractivity (Wildman–Crippen MR) is 146 cm³/mol. The Kier molecular flexibility index (Phi) is 12.9. The van der Waals surface area contributed by atoms with Gasteiger partial charge in [0.15, 0.2) is 0 Å². The first-order chi connectivity index (χ1) is 17.4. The molecule has 1 unspecified atom stereocenters. The highest BCUT2D eigenvalue weighted by molar-refractivity contribution is 5.98. The van der Waals surface area contributed by atoms with Crippen molar-refractivity contribution >= 4 is 24.1 Å². The van der Waals surface area contributed by atoms with Crippen LogP contribution < -0.4 is 15.4 Å². The van der Waals surface area contributed by atoms with Gasteiger partial charge in [-0.25, -0.2) is 4.98 Å². The highest BCUT2D eigenvalue weighted by atomic mass is 19.1. The average molecular weight is 509 g/mol. The SMILES string of the molecule is CC/C=C(\C=N)Cc1cccc(F)n1.CC=O.CN1C(=O)C(N)COc2ccc(C#CC(C)(C)C)cc21. The Labute approximate surface area is 219 Å². The summed E-state index contributed by atoms with van der Waals surface area (Å²) in [4.78, 5) is 26.1. The summed E-state index contributed by atoms with van der Waals surface area (Å²) in [5, 5.41) is 7.15. The Balaban J connectivity index is 0.000000352. The summed E-state index contributed by atoms with van der Waals surface area (Å²) < 4.78 is 18.3. The van der Waals surface area contributed by atoms with E-state index in [4.69, 9.17) is 20.7 Å². The van der Waals surface area contributed by atoms with Gasteiger partial charge in [-0.15, -0.1) is 0 Å². The number of carbonyl (C=O) groups excluding carboxylic acids is 2. The van der Waals surface area contributed by atoms with Gasteiger partial charge in [0.1, 0.15) is 24.7 Å². The molecule has 0 aliphatic carbocycles. The van der Waals surface area contributed by atoms with E-state index in [0.717, 1.165) is 23.8 Å². The van der Waals surface area contributed by atoms with Gasteiger partial charge in [-0.3, -0.25) is 4.79 Å². The molecule has 2 aromatic rings. The number of anilines is 1. The Hall–Kier alpha value is -3.83. The van der Waals surface area contributed by atoms with E-state index >= 15 is 0 Å². The summed E-state index contributed by atoms with van der Waals surface area (Å²) in [6.45, 7) is 9.81. The molecule has 1 aromatic heterocycles. The average Bonchev–Trinajstić information content (AvgIpc) is 2.95. The van der Waals surface area contributed by atoms with Gasteiger partial charge in [0, 0.05) is 36.4 Å². The number of halogens is 1. The molecule has 37 heavy (non-hydrogen) atoms. The highest BCUT2D eigenvalue weighted by Gasteiger charge is 2.26. The fourth-order valence-electron chi connectivity index (χ4n) is 3.06. The number of fused-ring (bicyclic) bond motifs is 1. The summed E-state index contributed by atoms with van der Waals surface area (Å²) >= 11 is 0.